The number of phenols is 1. The molecule has 2 N–H and O–H groups in total. The van der Waals surface area contributed by atoms with Crippen molar-refractivity contribution in [1.82, 2.24) is 0 Å². The molecule has 0 aliphatic carbocycles. The van der Waals surface area contributed by atoms with E-state index in [0.717, 1.165) is 5.56 Å². The first-order valence-electron chi connectivity index (χ1n) is 8.95. The summed E-state index contributed by atoms with van der Waals surface area (Å²) in [5.74, 6) is -0.708. The van der Waals surface area contributed by atoms with Gasteiger partial charge in [0.1, 0.15) is 17.4 Å². The number of aryl methyl sites for hydroxylation is 1. The van der Waals surface area contributed by atoms with E-state index in [2.05, 4.69) is 15.5 Å². The Balaban J connectivity index is 1.84. The first kappa shape index (κ1) is 20.8. The predicted octanol–water partition coefficient (Wildman–Crippen LogP) is 6.32. The molecule has 0 radical (unpaired) electrons. The van der Waals surface area contributed by atoms with Crippen LogP contribution in [0.3, 0.4) is 0 Å². The second-order valence-corrected chi connectivity index (χ2v) is 6.77. The van der Waals surface area contributed by atoms with Gasteiger partial charge in [-0.3, -0.25) is 4.79 Å². The van der Waals surface area contributed by atoms with Crippen molar-refractivity contribution in [2.75, 3.05) is 5.32 Å². The van der Waals surface area contributed by atoms with E-state index in [0.29, 0.717) is 22.1 Å². The summed E-state index contributed by atoms with van der Waals surface area (Å²) in [6, 6.07) is 20.6. The Kier molecular flexibility index (Phi) is 6.58. The lowest BCUT2D eigenvalue weighted by Gasteiger charge is -2.07. The highest BCUT2D eigenvalue weighted by Crippen LogP contribution is 2.27. The number of anilines is 1. The van der Waals surface area contributed by atoms with Crippen LogP contribution in [0, 0.1) is 18.3 Å². The number of nitriles is 1. The van der Waals surface area contributed by atoms with Crippen molar-refractivity contribution in [3.63, 3.8) is 0 Å². The van der Waals surface area contributed by atoms with Crippen molar-refractivity contribution in [2.45, 2.75) is 6.92 Å². The molecule has 3 rings (SSSR count). The summed E-state index contributed by atoms with van der Waals surface area (Å²) in [7, 11) is 0. The molecular formula is C23H17ClN4O2. The zero-order valence-corrected chi connectivity index (χ0v) is 16.8. The molecule has 0 unspecified atom stereocenters. The fourth-order valence-electron chi connectivity index (χ4n) is 2.50. The van der Waals surface area contributed by atoms with Crippen LogP contribution < -0.4 is 5.32 Å². The van der Waals surface area contributed by atoms with Crippen LogP contribution in [-0.4, -0.2) is 11.0 Å². The molecule has 0 fully saturated rings. The molecule has 3 aromatic carbocycles. The molecular weight excluding hydrogens is 400 g/mol. The van der Waals surface area contributed by atoms with Crippen LogP contribution in [0.2, 0.25) is 5.02 Å². The third-order valence-corrected chi connectivity index (χ3v) is 4.55. The van der Waals surface area contributed by atoms with E-state index in [1.165, 1.54) is 18.2 Å². The van der Waals surface area contributed by atoms with Gasteiger partial charge >= 0.3 is 0 Å². The maximum atomic E-state index is 12.5. The zero-order valence-electron chi connectivity index (χ0n) is 16.0. The molecule has 30 heavy (non-hydrogen) atoms. The number of nitrogens with zero attached hydrogens (tertiary/aromatic N) is 3. The lowest BCUT2D eigenvalue weighted by atomic mass is 10.1. The third kappa shape index (κ3) is 5.31. The number of amides is 1. The lowest BCUT2D eigenvalue weighted by Crippen LogP contribution is -2.13. The number of phenolic OH excluding ortho intramolecular Hbond substituents is 1. The number of halogens is 1. The standard InChI is InChI=1S/C23H17ClN4O2/c1-15-7-8-19(13-21(15)24)26-23(30)17(14-25)11-16-12-20(9-10-22(16)29)28-27-18-5-3-2-4-6-18/h2-13,29H,1H3,(H,26,30)/b17-11-,28-27?. The maximum Gasteiger partial charge on any atom is 0.266 e. The molecule has 0 heterocycles. The van der Waals surface area contributed by atoms with Crippen molar-refractivity contribution in [1.29, 1.82) is 5.26 Å². The van der Waals surface area contributed by atoms with Crippen molar-refractivity contribution >= 4 is 40.6 Å². The Bertz CT molecular complexity index is 1180. The van der Waals surface area contributed by atoms with E-state index in [-0.39, 0.29) is 16.9 Å². The van der Waals surface area contributed by atoms with Crippen LogP contribution in [0.15, 0.2) is 82.5 Å². The number of carbonyl (C=O) groups excluding carboxylic acids is 1. The summed E-state index contributed by atoms with van der Waals surface area (Å²) >= 11 is 6.07. The number of azo groups is 1. The second kappa shape index (κ2) is 9.50. The van der Waals surface area contributed by atoms with Gasteiger partial charge in [0.25, 0.3) is 5.91 Å². The zero-order chi connectivity index (χ0) is 21.5. The maximum absolute atomic E-state index is 12.5. The van der Waals surface area contributed by atoms with Crippen molar-refractivity contribution < 1.29 is 9.90 Å². The number of aromatic hydroxyl groups is 1. The Morgan fingerprint density at radius 3 is 2.50 bits per heavy atom. The quantitative estimate of drug-likeness (QED) is 0.289. The minimum absolute atomic E-state index is 0.0902. The molecule has 0 aliphatic heterocycles. The summed E-state index contributed by atoms with van der Waals surface area (Å²) in [6.07, 6.45) is 1.29. The summed E-state index contributed by atoms with van der Waals surface area (Å²) < 4.78 is 0. The molecule has 0 saturated carbocycles. The molecule has 6 nitrogen and oxygen atoms in total. The fourth-order valence-corrected chi connectivity index (χ4v) is 2.68. The summed E-state index contributed by atoms with van der Waals surface area (Å²) in [5.41, 5.74) is 2.57. The number of hydrogen-bond acceptors (Lipinski definition) is 5. The molecule has 0 spiro atoms. The molecule has 7 heteroatoms. The molecule has 1 amide bonds. The normalized spacial score (nSPS) is 11.3. The number of benzene rings is 3. The summed E-state index contributed by atoms with van der Waals surface area (Å²) in [5, 5.41) is 30.9. The summed E-state index contributed by atoms with van der Waals surface area (Å²) in [6.45, 7) is 1.85. The predicted molar refractivity (Wildman–Crippen MR) is 117 cm³/mol. The number of rotatable bonds is 5. The molecule has 0 aromatic heterocycles. The van der Waals surface area contributed by atoms with Gasteiger partial charge in [-0.15, -0.1) is 0 Å². The Morgan fingerprint density at radius 2 is 1.80 bits per heavy atom. The highest BCUT2D eigenvalue weighted by molar-refractivity contribution is 6.31. The highest BCUT2D eigenvalue weighted by Gasteiger charge is 2.12. The lowest BCUT2D eigenvalue weighted by molar-refractivity contribution is -0.112. The highest BCUT2D eigenvalue weighted by atomic mass is 35.5. The van der Waals surface area contributed by atoms with E-state index in [1.807, 2.05) is 31.2 Å². The Labute approximate surface area is 178 Å². The van der Waals surface area contributed by atoms with Gasteiger partial charge in [0.05, 0.1) is 11.4 Å². The average molecular weight is 417 g/mol. The SMILES string of the molecule is Cc1ccc(NC(=O)/C(C#N)=C\c2cc(N=Nc3ccccc3)ccc2O)cc1Cl. The molecule has 148 valence electrons. The van der Waals surface area contributed by atoms with Gasteiger partial charge in [-0.2, -0.15) is 15.5 Å². The topological polar surface area (TPSA) is 97.8 Å². The number of nitrogens with one attached hydrogen (secondary N) is 1. The fraction of sp³-hybridized carbons (Fsp3) is 0.0435. The third-order valence-electron chi connectivity index (χ3n) is 4.14. The molecule has 0 atom stereocenters. The van der Waals surface area contributed by atoms with Gasteiger partial charge in [0, 0.05) is 16.3 Å². The molecule has 0 bridgehead atoms. The number of hydrogen-bond donors (Lipinski definition) is 2. The van der Waals surface area contributed by atoms with Gasteiger partial charge in [-0.25, -0.2) is 0 Å². The first-order valence-corrected chi connectivity index (χ1v) is 9.33. The summed E-state index contributed by atoms with van der Waals surface area (Å²) in [4.78, 5) is 12.5. The van der Waals surface area contributed by atoms with E-state index in [9.17, 15) is 15.2 Å². The Morgan fingerprint density at radius 1 is 1.07 bits per heavy atom. The Hall–Kier alpha value is -3.95. The van der Waals surface area contributed by atoms with Crippen LogP contribution >= 0.6 is 11.6 Å². The number of carbonyl (C=O) groups is 1. The van der Waals surface area contributed by atoms with Crippen LogP contribution in [0.5, 0.6) is 5.75 Å². The molecule has 3 aromatic rings. The van der Waals surface area contributed by atoms with Gasteiger partial charge in [-0.1, -0.05) is 35.9 Å². The minimum Gasteiger partial charge on any atom is -0.507 e. The van der Waals surface area contributed by atoms with E-state index >= 15 is 0 Å². The molecule has 0 saturated heterocycles. The smallest absolute Gasteiger partial charge is 0.266 e. The van der Waals surface area contributed by atoms with Crippen LogP contribution in [0.25, 0.3) is 6.08 Å². The first-order chi connectivity index (χ1) is 14.5. The second-order valence-electron chi connectivity index (χ2n) is 6.37. The largest absolute Gasteiger partial charge is 0.507 e. The van der Waals surface area contributed by atoms with Crippen LogP contribution in [0.1, 0.15) is 11.1 Å². The van der Waals surface area contributed by atoms with Gasteiger partial charge in [0.15, 0.2) is 0 Å². The van der Waals surface area contributed by atoms with Crippen LogP contribution in [0.4, 0.5) is 17.1 Å². The average Bonchev–Trinajstić information content (AvgIpc) is 2.75. The van der Waals surface area contributed by atoms with Gasteiger partial charge in [0.2, 0.25) is 0 Å². The van der Waals surface area contributed by atoms with E-state index < -0.39 is 5.91 Å². The van der Waals surface area contributed by atoms with Crippen LogP contribution in [-0.2, 0) is 4.79 Å². The van der Waals surface area contributed by atoms with Gasteiger partial charge < -0.3 is 10.4 Å². The van der Waals surface area contributed by atoms with Crippen molar-refractivity contribution in [2.24, 2.45) is 10.2 Å². The van der Waals surface area contributed by atoms with Crippen molar-refractivity contribution in [3.8, 4) is 11.8 Å². The van der Waals surface area contributed by atoms with E-state index in [4.69, 9.17) is 11.6 Å². The van der Waals surface area contributed by atoms with E-state index in [1.54, 1.807) is 36.4 Å². The monoisotopic (exact) mass is 416 g/mol. The van der Waals surface area contributed by atoms with Gasteiger partial charge in [-0.05, 0) is 61.0 Å². The minimum atomic E-state index is -0.617. The molecule has 0 aliphatic rings. The van der Waals surface area contributed by atoms with Crippen molar-refractivity contribution in [3.05, 3.63) is 88.5 Å².